The number of carboxylic acid groups (broad SMARTS) is 1. The quantitative estimate of drug-likeness (QED) is 0.907. The summed E-state index contributed by atoms with van der Waals surface area (Å²) in [6, 6.07) is 7.97. The molecule has 0 fully saturated rings. The molecule has 2 rings (SSSR count). The van der Waals surface area contributed by atoms with E-state index in [1.165, 1.54) is 36.4 Å². The van der Waals surface area contributed by atoms with E-state index in [0.29, 0.717) is 5.56 Å². The minimum Gasteiger partial charge on any atom is -0.478 e. The second kappa shape index (κ2) is 5.93. The molecule has 0 heterocycles. The predicted octanol–water partition coefficient (Wildman–Crippen LogP) is 3.74. The third-order valence-corrected chi connectivity index (χ3v) is 3.20. The van der Waals surface area contributed by atoms with Crippen LogP contribution in [0.5, 0.6) is 0 Å². The van der Waals surface area contributed by atoms with Gasteiger partial charge in [0, 0.05) is 5.56 Å². The number of carbonyl (C=O) groups is 2. The van der Waals surface area contributed by atoms with E-state index in [4.69, 9.17) is 16.7 Å². The number of halogens is 2. The van der Waals surface area contributed by atoms with Crippen LogP contribution in [0.15, 0.2) is 36.4 Å². The Morgan fingerprint density at radius 3 is 2.38 bits per heavy atom. The first-order chi connectivity index (χ1) is 9.88. The maximum absolute atomic E-state index is 13.2. The number of hydrogen-bond acceptors (Lipinski definition) is 2. The molecule has 108 valence electrons. The van der Waals surface area contributed by atoms with Crippen LogP contribution in [-0.2, 0) is 0 Å². The molecule has 6 heteroatoms. The molecule has 0 aliphatic rings. The van der Waals surface area contributed by atoms with Crippen LogP contribution in [0.4, 0.5) is 10.1 Å². The highest BCUT2D eigenvalue weighted by Crippen LogP contribution is 2.24. The Morgan fingerprint density at radius 1 is 1.14 bits per heavy atom. The second-order valence-corrected chi connectivity index (χ2v) is 4.83. The number of rotatable bonds is 3. The van der Waals surface area contributed by atoms with Gasteiger partial charge in [0.05, 0.1) is 16.3 Å². The van der Waals surface area contributed by atoms with Crippen molar-refractivity contribution in [2.75, 3.05) is 5.32 Å². The first kappa shape index (κ1) is 15.0. The number of carbonyl (C=O) groups excluding carboxylic acids is 1. The van der Waals surface area contributed by atoms with E-state index in [9.17, 15) is 14.0 Å². The van der Waals surface area contributed by atoms with Gasteiger partial charge in [-0.15, -0.1) is 0 Å². The SMILES string of the molecule is Cc1cc(C(=O)Nc2ccc(C(=O)O)cc2Cl)ccc1F. The summed E-state index contributed by atoms with van der Waals surface area (Å²) in [5.74, 6) is -1.96. The molecule has 0 saturated carbocycles. The highest BCUT2D eigenvalue weighted by Gasteiger charge is 2.12. The van der Waals surface area contributed by atoms with Crippen LogP contribution in [0.1, 0.15) is 26.3 Å². The highest BCUT2D eigenvalue weighted by molar-refractivity contribution is 6.34. The number of carboxylic acids is 1. The van der Waals surface area contributed by atoms with Crippen molar-refractivity contribution >= 4 is 29.2 Å². The van der Waals surface area contributed by atoms with Gasteiger partial charge in [-0.3, -0.25) is 4.79 Å². The van der Waals surface area contributed by atoms with Crippen molar-refractivity contribution in [3.8, 4) is 0 Å². The maximum atomic E-state index is 13.2. The minimum atomic E-state index is -1.11. The number of benzene rings is 2. The smallest absolute Gasteiger partial charge is 0.335 e. The van der Waals surface area contributed by atoms with Gasteiger partial charge < -0.3 is 10.4 Å². The van der Waals surface area contributed by atoms with Crippen LogP contribution in [0.2, 0.25) is 5.02 Å². The fourth-order valence-corrected chi connectivity index (χ4v) is 1.96. The average Bonchev–Trinajstić information content (AvgIpc) is 2.43. The molecule has 0 aliphatic heterocycles. The fourth-order valence-electron chi connectivity index (χ4n) is 1.73. The van der Waals surface area contributed by atoms with Gasteiger partial charge in [-0.2, -0.15) is 0 Å². The molecular weight excluding hydrogens is 297 g/mol. The summed E-state index contributed by atoms with van der Waals surface area (Å²) in [5.41, 5.74) is 0.950. The predicted molar refractivity (Wildman–Crippen MR) is 77.5 cm³/mol. The lowest BCUT2D eigenvalue weighted by Crippen LogP contribution is -2.13. The second-order valence-electron chi connectivity index (χ2n) is 4.42. The van der Waals surface area contributed by atoms with Crippen molar-refractivity contribution in [1.29, 1.82) is 0 Å². The van der Waals surface area contributed by atoms with E-state index in [-0.39, 0.29) is 21.8 Å². The van der Waals surface area contributed by atoms with Gasteiger partial charge in [0.1, 0.15) is 5.82 Å². The van der Waals surface area contributed by atoms with Crippen molar-refractivity contribution < 1.29 is 19.1 Å². The van der Waals surface area contributed by atoms with Crippen LogP contribution in [0.25, 0.3) is 0 Å². The lowest BCUT2D eigenvalue weighted by Gasteiger charge is -2.08. The molecule has 21 heavy (non-hydrogen) atoms. The van der Waals surface area contributed by atoms with E-state index in [0.717, 1.165) is 0 Å². The molecule has 0 aromatic heterocycles. The number of anilines is 1. The summed E-state index contributed by atoms with van der Waals surface area (Å²) < 4.78 is 13.2. The minimum absolute atomic E-state index is 0.0237. The van der Waals surface area contributed by atoms with Crippen LogP contribution in [-0.4, -0.2) is 17.0 Å². The summed E-state index contributed by atoms with van der Waals surface area (Å²) in [6.07, 6.45) is 0. The van der Waals surface area contributed by atoms with Crippen LogP contribution >= 0.6 is 11.6 Å². The van der Waals surface area contributed by atoms with E-state index < -0.39 is 17.7 Å². The van der Waals surface area contributed by atoms with E-state index in [1.54, 1.807) is 6.92 Å². The van der Waals surface area contributed by atoms with Crippen molar-refractivity contribution in [2.45, 2.75) is 6.92 Å². The number of hydrogen-bond donors (Lipinski definition) is 2. The van der Waals surface area contributed by atoms with Crippen LogP contribution < -0.4 is 5.32 Å². The molecular formula is C15H11ClFNO3. The number of nitrogens with one attached hydrogen (secondary N) is 1. The Kier molecular flexibility index (Phi) is 4.23. The molecule has 2 aromatic carbocycles. The van der Waals surface area contributed by atoms with Gasteiger partial charge in [-0.05, 0) is 48.9 Å². The van der Waals surface area contributed by atoms with Crippen LogP contribution in [0, 0.1) is 12.7 Å². The summed E-state index contributed by atoms with van der Waals surface area (Å²) in [7, 11) is 0. The number of aryl methyl sites for hydroxylation is 1. The number of amides is 1. The van der Waals surface area contributed by atoms with Crippen molar-refractivity contribution in [3.05, 3.63) is 63.9 Å². The molecule has 0 aliphatic carbocycles. The molecule has 0 bridgehead atoms. The first-order valence-electron chi connectivity index (χ1n) is 5.99. The summed E-state index contributed by atoms with van der Waals surface area (Å²) in [6.45, 7) is 1.56. The lowest BCUT2D eigenvalue weighted by atomic mass is 10.1. The zero-order valence-corrected chi connectivity index (χ0v) is 11.7. The molecule has 0 atom stereocenters. The molecule has 2 N–H and O–H groups in total. The van der Waals surface area contributed by atoms with Gasteiger partial charge in [-0.25, -0.2) is 9.18 Å². The fraction of sp³-hybridized carbons (Fsp3) is 0.0667. The van der Waals surface area contributed by atoms with Crippen molar-refractivity contribution in [3.63, 3.8) is 0 Å². The van der Waals surface area contributed by atoms with Gasteiger partial charge in [0.15, 0.2) is 0 Å². The van der Waals surface area contributed by atoms with E-state index in [1.807, 2.05) is 0 Å². The summed E-state index contributed by atoms with van der Waals surface area (Å²) in [4.78, 5) is 22.8. The average molecular weight is 308 g/mol. The Morgan fingerprint density at radius 2 is 1.81 bits per heavy atom. The van der Waals surface area contributed by atoms with E-state index >= 15 is 0 Å². The Hall–Kier alpha value is -2.40. The maximum Gasteiger partial charge on any atom is 0.335 e. The molecule has 4 nitrogen and oxygen atoms in total. The molecule has 0 radical (unpaired) electrons. The van der Waals surface area contributed by atoms with Crippen LogP contribution in [0.3, 0.4) is 0 Å². The third kappa shape index (κ3) is 3.38. The molecule has 0 spiro atoms. The zero-order chi connectivity index (χ0) is 15.6. The molecule has 0 unspecified atom stereocenters. The zero-order valence-electron chi connectivity index (χ0n) is 11.0. The highest BCUT2D eigenvalue weighted by atomic mass is 35.5. The summed E-state index contributed by atoms with van der Waals surface area (Å²) in [5, 5.41) is 11.5. The van der Waals surface area contributed by atoms with Gasteiger partial charge in [0.2, 0.25) is 0 Å². The third-order valence-electron chi connectivity index (χ3n) is 2.88. The van der Waals surface area contributed by atoms with Crippen molar-refractivity contribution in [1.82, 2.24) is 0 Å². The molecule has 0 saturated heterocycles. The first-order valence-corrected chi connectivity index (χ1v) is 6.36. The number of aromatic carboxylic acids is 1. The van der Waals surface area contributed by atoms with E-state index in [2.05, 4.69) is 5.32 Å². The Labute approximate surface area is 125 Å². The lowest BCUT2D eigenvalue weighted by molar-refractivity contribution is 0.0696. The largest absolute Gasteiger partial charge is 0.478 e. The Bertz CT molecular complexity index is 731. The summed E-state index contributed by atoms with van der Waals surface area (Å²) >= 11 is 5.92. The normalized spacial score (nSPS) is 10.2. The van der Waals surface area contributed by atoms with Gasteiger partial charge in [-0.1, -0.05) is 11.6 Å². The Balaban J connectivity index is 2.23. The monoisotopic (exact) mass is 307 g/mol. The van der Waals surface area contributed by atoms with Gasteiger partial charge in [0.25, 0.3) is 5.91 Å². The molecule has 1 amide bonds. The van der Waals surface area contributed by atoms with Crippen molar-refractivity contribution in [2.24, 2.45) is 0 Å². The standard InChI is InChI=1S/C15H11ClFNO3/c1-8-6-9(2-4-12(8)17)14(19)18-13-5-3-10(15(20)21)7-11(13)16/h2-7H,1H3,(H,18,19)(H,20,21). The van der Waals surface area contributed by atoms with Gasteiger partial charge >= 0.3 is 5.97 Å². The molecule has 2 aromatic rings. The topological polar surface area (TPSA) is 66.4 Å².